The standard InChI is InChI=1S/C10H12F2N2O5/c11-3-5-7(17)10(12,4-15)19-8(5)14-2-1-6(16)13-9(14)18/h1-2,5,7-8,15,17H,3-4H2,(H,13,16,18). The highest BCUT2D eigenvalue weighted by molar-refractivity contribution is 4.96. The van der Waals surface area contributed by atoms with Gasteiger partial charge in [0.15, 0.2) is 0 Å². The first-order chi connectivity index (χ1) is 8.92. The van der Waals surface area contributed by atoms with Gasteiger partial charge < -0.3 is 14.9 Å². The maximum Gasteiger partial charge on any atom is 0.330 e. The van der Waals surface area contributed by atoms with Gasteiger partial charge in [-0.15, -0.1) is 0 Å². The average Bonchev–Trinajstić information content (AvgIpc) is 2.62. The SMILES string of the molecule is O=c1ccn(C2OC(F)(CO)C(O)C2CF)c(=O)[nH]1. The molecule has 0 amide bonds. The molecule has 1 aliphatic rings. The first-order valence-electron chi connectivity index (χ1n) is 5.46. The molecular formula is C10H12F2N2O5. The Labute approximate surface area is 105 Å². The number of aliphatic hydroxyl groups is 2. The molecule has 0 radical (unpaired) electrons. The van der Waals surface area contributed by atoms with Crippen molar-refractivity contribution in [2.24, 2.45) is 5.92 Å². The van der Waals surface area contributed by atoms with Crippen molar-refractivity contribution in [2.75, 3.05) is 13.3 Å². The van der Waals surface area contributed by atoms with Crippen LogP contribution in [0.5, 0.6) is 0 Å². The summed E-state index contributed by atoms with van der Waals surface area (Å²) < 4.78 is 32.4. The lowest BCUT2D eigenvalue weighted by atomic mass is 10.00. The number of aliphatic hydroxyl groups excluding tert-OH is 2. The van der Waals surface area contributed by atoms with Crippen LogP contribution in [0.3, 0.4) is 0 Å². The third-order valence-corrected chi connectivity index (χ3v) is 3.05. The van der Waals surface area contributed by atoms with E-state index in [9.17, 15) is 23.5 Å². The number of nitrogens with one attached hydrogen (secondary N) is 1. The third kappa shape index (κ3) is 2.20. The molecule has 0 aromatic carbocycles. The zero-order chi connectivity index (χ0) is 14.2. The van der Waals surface area contributed by atoms with Gasteiger partial charge in [0, 0.05) is 12.3 Å². The molecule has 1 aliphatic heterocycles. The molecule has 0 bridgehead atoms. The first kappa shape index (κ1) is 13.8. The molecule has 0 spiro atoms. The minimum Gasteiger partial charge on any atom is -0.390 e. The van der Waals surface area contributed by atoms with Crippen molar-refractivity contribution in [3.8, 4) is 0 Å². The summed E-state index contributed by atoms with van der Waals surface area (Å²) in [5, 5.41) is 18.5. The van der Waals surface area contributed by atoms with Gasteiger partial charge >= 0.3 is 5.69 Å². The summed E-state index contributed by atoms with van der Waals surface area (Å²) in [7, 11) is 0. The lowest BCUT2D eigenvalue weighted by molar-refractivity contribution is -0.207. The second-order valence-corrected chi connectivity index (χ2v) is 4.23. The van der Waals surface area contributed by atoms with Crippen molar-refractivity contribution < 1.29 is 23.7 Å². The zero-order valence-corrected chi connectivity index (χ0v) is 9.62. The molecule has 9 heteroatoms. The molecule has 1 saturated heterocycles. The number of rotatable bonds is 3. The van der Waals surface area contributed by atoms with Crippen molar-refractivity contribution in [1.29, 1.82) is 0 Å². The van der Waals surface area contributed by atoms with Gasteiger partial charge in [0.2, 0.25) is 0 Å². The monoisotopic (exact) mass is 278 g/mol. The van der Waals surface area contributed by atoms with E-state index in [2.05, 4.69) is 0 Å². The van der Waals surface area contributed by atoms with Gasteiger partial charge in [-0.2, -0.15) is 0 Å². The number of hydrogen-bond acceptors (Lipinski definition) is 5. The lowest BCUT2D eigenvalue weighted by Crippen LogP contribution is -2.40. The smallest absolute Gasteiger partial charge is 0.330 e. The van der Waals surface area contributed by atoms with Crippen LogP contribution >= 0.6 is 0 Å². The van der Waals surface area contributed by atoms with Gasteiger partial charge in [-0.1, -0.05) is 0 Å². The number of aromatic amines is 1. The molecule has 2 rings (SSSR count). The van der Waals surface area contributed by atoms with E-state index < -0.39 is 48.6 Å². The molecule has 1 aromatic rings. The third-order valence-electron chi connectivity index (χ3n) is 3.05. The zero-order valence-electron chi connectivity index (χ0n) is 9.62. The predicted octanol–water partition coefficient (Wildman–Crippen LogP) is -1.33. The summed E-state index contributed by atoms with van der Waals surface area (Å²) in [4.78, 5) is 24.3. The van der Waals surface area contributed by atoms with Crippen molar-refractivity contribution in [3.05, 3.63) is 33.1 Å². The molecule has 0 aliphatic carbocycles. The van der Waals surface area contributed by atoms with Gasteiger partial charge in [0.05, 0.1) is 12.6 Å². The maximum atomic E-state index is 13.9. The van der Waals surface area contributed by atoms with E-state index in [1.165, 1.54) is 0 Å². The summed E-state index contributed by atoms with van der Waals surface area (Å²) in [6.07, 6.45) is -2.38. The Kier molecular flexibility index (Phi) is 3.52. The Balaban J connectivity index is 2.44. The fraction of sp³-hybridized carbons (Fsp3) is 0.600. The molecule has 1 fully saturated rings. The summed E-state index contributed by atoms with van der Waals surface area (Å²) in [6.45, 7) is -2.34. The quantitative estimate of drug-likeness (QED) is 0.635. The lowest BCUT2D eigenvalue weighted by Gasteiger charge is -2.20. The van der Waals surface area contributed by atoms with Crippen LogP contribution in [0.15, 0.2) is 21.9 Å². The molecule has 2 heterocycles. The van der Waals surface area contributed by atoms with Crippen molar-refractivity contribution in [3.63, 3.8) is 0 Å². The highest BCUT2D eigenvalue weighted by Gasteiger charge is 2.56. The number of nitrogens with zero attached hydrogens (tertiary/aromatic N) is 1. The van der Waals surface area contributed by atoms with Crippen molar-refractivity contribution >= 4 is 0 Å². The van der Waals surface area contributed by atoms with E-state index in [4.69, 9.17) is 9.84 Å². The van der Waals surface area contributed by atoms with Crippen molar-refractivity contribution in [2.45, 2.75) is 18.2 Å². The van der Waals surface area contributed by atoms with Crippen LogP contribution in [0.1, 0.15) is 6.23 Å². The molecule has 0 saturated carbocycles. The summed E-state index contributed by atoms with van der Waals surface area (Å²) in [5.41, 5.74) is -1.60. The number of ether oxygens (including phenoxy) is 1. The minimum absolute atomic E-state index is 0.676. The van der Waals surface area contributed by atoms with Gasteiger partial charge in [0.25, 0.3) is 11.4 Å². The fourth-order valence-corrected chi connectivity index (χ4v) is 2.02. The maximum absolute atomic E-state index is 13.9. The van der Waals surface area contributed by atoms with Gasteiger partial charge in [0.1, 0.15) is 18.9 Å². The van der Waals surface area contributed by atoms with Gasteiger partial charge in [-0.3, -0.25) is 18.7 Å². The molecular weight excluding hydrogens is 266 g/mol. The number of aromatic nitrogens is 2. The molecule has 19 heavy (non-hydrogen) atoms. The largest absolute Gasteiger partial charge is 0.390 e. The Morgan fingerprint density at radius 2 is 2.21 bits per heavy atom. The number of H-pyrrole nitrogens is 1. The van der Waals surface area contributed by atoms with E-state index in [1.54, 1.807) is 0 Å². The molecule has 7 nitrogen and oxygen atoms in total. The minimum atomic E-state index is -2.85. The predicted molar refractivity (Wildman–Crippen MR) is 57.8 cm³/mol. The fourth-order valence-electron chi connectivity index (χ4n) is 2.02. The van der Waals surface area contributed by atoms with Crippen LogP contribution in [0.2, 0.25) is 0 Å². The van der Waals surface area contributed by atoms with Crippen molar-refractivity contribution in [1.82, 2.24) is 9.55 Å². The van der Waals surface area contributed by atoms with Crippen LogP contribution in [-0.4, -0.2) is 45.0 Å². The Bertz CT molecular complexity index is 574. The van der Waals surface area contributed by atoms with Crippen LogP contribution in [-0.2, 0) is 4.74 Å². The summed E-state index contributed by atoms with van der Waals surface area (Å²) >= 11 is 0. The van der Waals surface area contributed by atoms with E-state index in [0.717, 1.165) is 16.8 Å². The second kappa shape index (κ2) is 4.83. The molecule has 4 atom stereocenters. The van der Waals surface area contributed by atoms with E-state index in [1.807, 2.05) is 4.98 Å². The Hall–Kier alpha value is -1.58. The Morgan fingerprint density at radius 3 is 2.74 bits per heavy atom. The first-order valence-corrected chi connectivity index (χ1v) is 5.46. The van der Waals surface area contributed by atoms with Gasteiger partial charge in [-0.25, -0.2) is 9.18 Å². The summed E-state index contributed by atoms with van der Waals surface area (Å²) in [6, 6.07) is 0.976. The highest BCUT2D eigenvalue weighted by atomic mass is 19.2. The Morgan fingerprint density at radius 1 is 1.53 bits per heavy atom. The number of halogens is 2. The van der Waals surface area contributed by atoms with E-state index in [-0.39, 0.29) is 0 Å². The molecule has 1 aromatic heterocycles. The second-order valence-electron chi connectivity index (χ2n) is 4.23. The number of alkyl halides is 2. The van der Waals surface area contributed by atoms with E-state index >= 15 is 0 Å². The van der Waals surface area contributed by atoms with Gasteiger partial charge in [-0.05, 0) is 0 Å². The molecule has 106 valence electrons. The molecule has 3 N–H and O–H groups in total. The highest BCUT2D eigenvalue weighted by Crippen LogP contribution is 2.41. The summed E-state index contributed by atoms with van der Waals surface area (Å²) in [5.74, 6) is -4.22. The average molecular weight is 278 g/mol. The normalized spacial score (nSPS) is 34.6. The van der Waals surface area contributed by atoms with Crippen LogP contribution in [0.25, 0.3) is 0 Å². The topological polar surface area (TPSA) is 105 Å². The van der Waals surface area contributed by atoms with E-state index in [0.29, 0.717) is 0 Å². The van der Waals surface area contributed by atoms with Crippen LogP contribution < -0.4 is 11.2 Å². The van der Waals surface area contributed by atoms with Crippen LogP contribution in [0.4, 0.5) is 8.78 Å². The van der Waals surface area contributed by atoms with Crippen LogP contribution in [0, 0.1) is 5.92 Å². The molecule has 4 unspecified atom stereocenters. The number of hydrogen-bond donors (Lipinski definition) is 3.